The number of fused-ring (bicyclic) bond motifs is 3. The molecule has 3 heterocycles. The van der Waals surface area contributed by atoms with Gasteiger partial charge in [-0.2, -0.15) is 0 Å². The van der Waals surface area contributed by atoms with Gasteiger partial charge in [0.1, 0.15) is 0 Å². The van der Waals surface area contributed by atoms with Crippen molar-refractivity contribution >= 4 is 22.7 Å². The summed E-state index contributed by atoms with van der Waals surface area (Å²) in [7, 11) is 0. The Balaban J connectivity index is 1.85. The number of hydrogen-bond donors (Lipinski definition) is 1. The molecule has 0 bridgehead atoms. The van der Waals surface area contributed by atoms with Crippen molar-refractivity contribution in [2.75, 3.05) is 19.7 Å². The van der Waals surface area contributed by atoms with Gasteiger partial charge in [-0.05, 0) is 54.8 Å². The van der Waals surface area contributed by atoms with E-state index < -0.39 is 0 Å². The van der Waals surface area contributed by atoms with E-state index in [4.69, 9.17) is 0 Å². The zero-order valence-corrected chi connectivity index (χ0v) is 15.4. The van der Waals surface area contributed by atoms with Crippen LogP contribution >= 0.6 is 0 Å². The highest BCUT2D eigenvalue weighted by Crippen LogP contribution is 2.33. The molecule has 0 atom stereocenters. The van der Waals surface area contributed by atoms with Gasteiger partial charge in [0.2, 0.25) is 0 Å². The van der Waals surface area contributed by atoms with Crippen LogP contribution in [-0.4, -0.2) is 39.3 Å². The molecular weight excluding hydrogens is 322 g/mol. The van der Waals surface area contributed by atoms with E-state index >= 15 is 0 Å². The van der Waals surface area contributed by atoms with E-state index in [9.17, 15) is 5.11 Å². The summed E-state index contributed by atoms with van der Waals surface area (Å²) in [5.74, 6) is 0. The molecule has 4 rings (SSSR count). The summed E-state index contributed by atoms with van der Waals surface area (Å²) in [6.45, 7) is 7.16. The molecule has 0 radical (unpaired) electrons. The maximum absolute atomic E-state index is 9.31. The van der Waals surface area contributed by atoms with Crippen LogP contribution in [0.3, 0.4) is 0 Å². The van der Waals surface area contributed by atoms with E-state index in [0.29, 0.717) is 0 Å². The molecule has 1 aliphatic rings. The van der Waals surface area contributed by atoms with Crippen molar-refractivity contribution < 1.29 is 5.11 Å². The van der Waals surface area contributed by atoms with Crippen molar-refractivity contribution in [3.05, 3.63) is 65.1 Å². The summed E-state index contributed by atoms with van der Waals surface area (Å²) in [5, 5.41) is 10.6. The van der Waals surface area contributed by atoms with E-state index in [1.54, 1.807) is 0 Å². The molecule has 1 aliphatic heterocycles. The molecular formula is C22H25N3O. The molecule has 4 nitrogen and oxygen atoms in total. The minimum Gasteiger partial charge on any atom is -0.395 e. The van der Waals surface area contributed by atoms with Gasteiger partial charge in [-0.1, -0.05) is 11.6 Å². The highest BCUT2D eigenvalue weighted by Gasteiger charge is 2.23. The number of nitrogens with zero attached hydrogens (tertiary/aromatic N) is 3. The lowest BCUT2D eigenvalue weighted by atomic mass is 10.0. The monoisotopic (exact) mass is 347 g/mol. The Morgan fingerprint density at radius 3 is 2.81 bits per heavy atom. The number of β-amino-alcohol motifs (C(OH)–C–C–N with tert-alkyl or cyclic N) is 1. The summed E-state index contributed by atoms with van der Waals surface area (Å²) in [4.78, 5) is 6.46. The lowest BCUT2D eigenvalue weighted by Crippen LogP contribution is -2.33. The Hall–Kier alpha value is -2.43. The third-order valence-corrected chi connectivity index (χ3v) is 5.30. The van der Waals surface area contributed by atoms with Crippen LogP contribution in [-0.2, 0) is 13.0 Å². The molecule has 0 saturated carbocycles. The van der Waals surface area contributed by atoms with Gasteiger partial charge in [-0.15, -0.1) is 0 Å². The summed E-state index contributed by atoms with van der Waals surface area (Å²) in [6.07, 6.45) is 6.94. The first-order chi connectivity index (χ1) is 12.7. The zero-order chi connectivity index (χ0) is 18.1. The molecule has 4 heteroatoms. The van der Waals surface area contributed by atoms with Crippen molar-refractivity contribution in [2.24, 2.45) is 0 Å². The fraction of sp³-hybridized carbons (Fsp3) is 0.318. The van der Waals surface area contributed by atoms with E-state index in [1.165, 1.54) is 38.9 Å². The molecule has 0 saturated heterocycles. The van der Waals surface area contributed by atoms with Gasteiger partial charge in [-0.25, -0.2) is 0 Å². The topological polar surface area (TPSA) is 41.3 Å². The van der Waals surface area contributed by atoms with E-state index in [0.717, 1.165) is 26.1 Å². The van der Waals surface area contributed by atoms with E-state index in [1.807, 2.05) is 12.4 Å². The smallest absolute Gasteiger partial charge is 0.0558 e. The van der Waals surface area contributed by atoms with Crippen LogP contribution in [0, 0.1) is 6.92 Å². The lowest BCUT2D eigenvalue weighted by molar-refractivity contribution is 0.184. The predicted octanol–water partition coefficient (Wildman–Crippen LogP) is 3.71. The van der Waals surface area contributed by atoms with Crippen LogP contribution in [0.25, 0.3) is 22.7 Å². The second-order valence-electron chi connectivity index (χ2n) is 7.11. The highest BCUT2D eigenvalue weighted by molar-refractivity contribution is 5.90. The van der Waals surface area contributed by atoms with Gasteiger partial charge in [0, 0.05) is 55.7 Å². The fourth-order valence-corrected chi connectivity index (χ4v) is 3.93. The Morgan fingerprint density at radius 1 is 1.23 bits per heavy atom. The number of aryl methyl sites for hydroxylation is 1. The lowest BCUT2D eigenvalue weighted by Gasteiger charge is -2.27. The standard InChI is InChI=1S/C22H25N3O/c1-16-3-4-21-19(13-16)20-15-24(11-12-26)10-7-22(20)25(21)14-17(2)18-5-8-23-9-6-18/h3-6,8-9,13-14,26H,7,10-12,15H2,1-2H3. The summed E-state index contributed by atoms with van der Waals surface area (Å²) >= 11 is 0. The molecule has 0 amide bonds. The molecule has 0 aliphatic carbocycles. The molecule has 134 valence electrons. The van der Waals surface area contributed by atoms with Crippen molar-refractivity contribution in [2.45, 2.75) is 26.8 Å². The molecule has 0 unspecified atom stereocenters. The number of pyridine rings is 1. The minimum atomic E-state index is 0.216. The van der Waals surface area contributed by atoms with Crippen molar-refractivity contribution in [3.63, 3.8) is 0 Å². The van der Waals surface area contributed by atoms with Crippen LogP contribution in [0.5, 0.6) is 0 Å². The van der Waals surface area contributed by atoms with Gasteiger partial charge in [-0.3, -0.25) is 9.88 Å². The normalized spacial score (nSPS) is 15.4. The number of hydrogen-bond acceptors (Lipinski definition) is 3. The van der Waals surface area contributed by atoms with Crippen molar-refractivity contribution in [3.8, 4) is 0 Å². The van der Waals surface area contributed by atoms with Crippen molar-refractivity contribution in [1.82, 2.24) is 14.5 Å². The maximum atomic E-state index is 9.31. The van der Waals surface area contributed by atoms with Crippen LogP contribution < -0.4 is 0 Å². The number of rotatable bonds is 4. The summed E-state index contributed by atoms with van der Waals surface area (Å²) in [6, 6.07) is 10.8. The third-order valence-electron chi connectivity index (χ3n) is 5.30. The second-order valence-corrected chi connectivity index (χ2v) is 7.11. The van der Waals surface area contributed by atoms with Gasteiger partial charge in [0.25, 0.3) is 0 Å². The number of benzene rings is 1. The SMILES string of the molecule is CC(=Cn1c2c(c3cc(C)ccc31)CN(CCO)CC2)c1ccncc1. The van der Waals surface area contributed by atoms with E-state index in [2.05, 4.69) is 64.8 Å². The van der Waals surface area contributed by atoms with Gasteiger partial charge in [0.15, 0.2) is 0 Å². The number of aliphatic hydroxyl groups excluding tert-OH is 1. The van der Waals surface area contributed by atoms with Gasteiger partial charge in [0.05, 0.1) is 12.1 Å². The molecule has 26 heavy (non-hydrogen) atoms. The first-order valence-corrected chi connectivity index (χ1v) is 9.21. The first kappa shape index (κ1) is 17.0. The summed E-state index contributed by atoms with van der Waals surface area (Å²) < 4.78 is 2.37. The number of aliphatic hydroxyl groups is 1. The average molecular weight is 347 g/mol. The predicted molar refractivity (Wildman–Crippen MR) is 107 cm³/mol. The summed E-state index contributed by atoms with van der Waals surface area (Å²) in [5.41, 5.74) is 7.77. The fourth-order valence-electron chi connectivity index (χ4n) is 3.93. The Bertz CT molecular complexity index is 956. The Morgan fingerprint density at radius 2 is 2.04 bits per heavy atom. The maximum Gasteiger partial charge on any atom is 0.0558 e. The molecule has 1 N–H and O–H groups in total. The van der Waals surface area contributed by atoms with Crippen LogP contribution in [0.1, 0.15) is 29.3 Å². The van der Waals surface area contributed by atoms with Crippen LogP contribution in [0.2, 0.25) is 0 Å². The number of aromatic nitrogens is 2. The first-order valence-electron chi connectivity index (χ1n) is 9.21. The molecule has 0 fully saturated rings. The quantitative estimate of drug-likeness (QED) is 0.782. The van der Waals surface area contributed by atoms with Crippen LogP contribution in [0.15, 0.2) is 42.7 Å². The number of allylic oxidation sites excluding steroid dienone is 1. The van der Waals surface area contributed by atoms with Crippen LogP contribution in [0.4, 0.5) is 0 Å². The molecule has 0 spiro atoms. The Kier molecular flexibility index (Phi) is 4.62. The molecule has 2 aromatic heterocycles. The average Bonchev–Trinajstić information content (AvgIpc) is 2.95. The zero-order valence-electron chi connectivity index (χ0n) is 15.4. The second kappa shape index (κ2) is 7.06. The Labute approximate surface area is 154 Å². The molecule has 1 aromatic carbocycles. The van der Waals surface area contributed by atoms with Gasteiger partial charge < -0.3 is 9.67 Å². The molecule has 3 aromatic rings. The van der Waals surface area contributed by atoms with Gasteiger partial charge >= 0.3 is 0 Å². The highest BCUT2D eigenvalue weighted by atomic mass is 16.3. The van der Waals surface area contributed by atoms with Crippen molar-refractivity contribution in [1.29, 1.82) is 0 Å². The largest absolute Gasteiger partial charge is 0.395 e. The minimum absolute atomic E-state index is 0.216. The van der Waals surface area contributed by atoms with E-state index in [-0.39, 0.29) is 6.61 Å². The third kappa shape index (κ3) is 3.06.